The Morgan fingerprint density at radius 3 is 2.61 bits per heavy atom. The quantitative estimate of drug-likeness (QED) is 0.604. The van der Waals surface area contributed by atoms with Gasteiger partial charge in [-0.3, -0.25) is 14.6 Å². The molecule has 1 aromatic heterocycles. The molecule has 170 valence electrons. The zero-order chi connectivity index (χ0) is 23.1. The highest BCUT2D eigenvalue weighted by Gasteiger charge is 2.43. The van der Waals surface area contributed by atoms with E-state index in [1.54, 1.807) is 18.1 Å². The molecule has 4 rings (SSSR count). The van der Waals surface area contributed by atoms with Crippen molar-refractivity contribution in [2.24, 2.45) is 5.41 Å². The largest absolute Gasteiger partial charge is 0.484 e. The molecule has 0 aliphatic carbocycles. The second-order valence-electron chi connectivity index (χ2n) is 8.46. The van der Waals surface area contributed by atoms with Gasteiger partial charge >= 0.3 is 0 Å². The third-order valence-corrected chi connectivity index (χ3v) is 6.26. The number of nitrogens with zero attached hydrogens (tertiary/aromatic N) is 2. The lowest BCUT2D eigenvalue weighted by atomic mass is 9.73. The molecule has 0 saturated carbocycles. The molecule has 2 aromatic carbocycles. The van der Waals surface area contributed by atoms with E-state index in [9.17, 15) is 9.59 Å². The summed E-state index contributed by atoms with van der Waals surface area (Å²) in [6, 6.07) is 21.3. The van der Waals surface area contributed by atoms with Crippen molar-refractivity contribution in [1.82, 2.24) is 15.2 Å². The van der Waals surface area contributed by atoms with Gasteiger partial charge in [0.05, 0.1) is 5.41 Å². The average molecular weight is 444 g/mol. The smallest absolute Gasteiger partial charge is 0.260 e. The fourth-order valence-corrected chi connectivity index (χ4v) is 4.62. The molecule has 0 bridgehead atoms. The number of benzene rings is 2. The Kier molecular flexibility index (Phi) is 7.03. The Bertz CT molecular complexity index is 1090. The number of piperidine rings is 1. The van der Waals surface area contributed by atoms with Gasteiger partial charge in [0.1, 0.15) is 5.75 Å². The topological polar surface area (TPSA) is 71.5 Å². The van der Waals surface area contributed by atoms with E-state index < -0.39 is 5.41 Å². The van der Waals surface area contributed by atoms with Crippen LogP contribution in [0.1, 0.15) is 18.4 Å². The Labute approximate surface area is 194 Å². The second kappa shape index (κ2) is 10.3. The fraction of sp³-hybridized carbons (Fsp3) is 0.296. The number of hydrogen-bond acceptors (Lipinski definition) is 4. The van der Waals surface area contributed by atoms with Crippen molar-refractivity contribution in [2.75, 3.05) is 26.7 Å². The maximum absolute atomic E-state index is 13.2. The first-order valence-electron chi connectivity index (χ1n) is 11.3. The van der Waals surface area contributed by atoms with Crippen LogP contribution >= 0.6 is 0 Å². The second-order valence-corrected chi connectivity index (χ2v) is 8.46. The zero-order valence-electron chi connectivity index (χ0n) is 18.9. The summed E-state index contributed by atoms with van der Waals surface area (Å²) in [5.74, 6) is 0.517. The highest BCUT2D eigenvalue weighted by Crippen LogP contribution is 2.37. The molecule has 33 heavy (non-hydrogen) atoms. The van der Waals surface area contributed by atoms with E-state index in [0.29, 0.717) is 25.3 Å². The summed E-state index contributed by atoms with van der Waals surface area (Å²) >= 11 is 0. The standard InChI is InChI=1S/C27H29N3O3/c1-28-26(32)27(17-21-9-5-6-13-24(21)22-10-7-15-29-18-22)14-8-16-30(20-27)25(31)19-33-23-11-3-2-4-12-23/h2-7,9-13,15,18H,8,14,16-17,19-20H2,1H3,(H,28,32)/t27-/m1/s1. The number of ether oxygens (including phenoxy) is 1. The minimum Gasteiger partial charge on any atom is -0.484 e. The molecule has 1 aliphatic rings. The first-order chi connectivity index (χ1) is 16.1. The molecule has 2 amide bonds. The summed E-state index contributed by atoms with van der Waals surface area (Å²) in [6.07, 6.45) is 5.61. The van der Waals surface area contributed by atoms with Gasteiger partial charge in [-0.15, -0.1) is 0 Å². The van der Waals surface area contributed by atoms with Crippen molar-refractivity contribution in [1.29, 1.82) is 0 Å². The normalized spacial score (nSPS) is 17.9. The van der Waals surface area contributed by atoms with Crippen molar-refractivity contribution < 1.29 is 14.3 Å². The van der Waals surface area contributed by atoms with Gasteiger partial charge in [0.2, 0.25) is 5.91 Å². The monoisotopic (exact) mass is 443 g/mol. The predicted octanol–water partition coefficient (Wildman–Crippen LogP) is 3.72. The molecule has 6 heteroatoms. The van der Waals surface area contributed by atoms with E-state index >= 15 is 0 Å². The Morgan fingerprint density at radius 2 is 1.85 bits per heavy atom. The minimum atomic E-state index is -0.701. The predicted molar refractivity (Wildman–Crippen MR) is 128 cm³/mol. The first-order valence-corrected chi connectivity index (χ1v) is 11.3. The van der Waals surface area contributed by atoms with Gasteiger partial charge in [-0.2, -0.15) is 0 Å². The molecule has 1 N–H and O–H groups in total. The fourth-order valence-electron chi connectivity index (χ4n) is 4.62. The number of carbonyl (C=O) groups excluding carboxylic acids is 2. The molecule has 1 fully saturated rings. The van der Waals surface area contributed by atoms with Crippen molar-refractivity contribution >= 4 is 11.8 Å². The van der Waals surface area contributed by atoms with Crippen LogP contribution in [0, 0.1) is 5.41 Å². The van der Waals surface area contributed by atoms with Gasteiger partial charge in [-0.05, 0) is 48.6 Å². The molecular weight excluding hydrogens is 414 g/mol. The summed E-state index contributed by atoms with van der Waals surface area (Å²) in [6.45, 7) is 0.950. The number of carbonyl (C=O) groups is 2. The van der Waals surface area contributed by atoms with Gasteiger partial charge < -0.3 is 15.0 Å². The molecule has 1 saturated heterocycles. The maximum atomic E-state index is 13.2. The summed E-state index contributed by atoms with van der Waals surface area (Å²) in [5, 5.41) is 2.85. The highest BCUT2D eigenvalue weighted by molar-refractivity contribution is 5.85. The third-order valence-electron chi connectivity index (χ3n) is 6.26. The van der Waals surface area contributed by atoms with Crippen molar-refractivity contribution in [3.63, 3.8) is 0 Å². The lowest BCUT2D eigenvalue weighted by Gasteiger charge is -2.42. The van der Waals surface area contributed by atoms with Gasteiger partial charge in [0.15, 0.2) is 6.61 Å². The summed E-state index contributed by atoms with van der Waals surface area (Å²) < 4.78 is 5.67. The number of para-hydroxylation sites is 1. The van der Waals surface area contributed by atoms with Crippen molar-refractivity contribution in [2.45, 2.75) is 19.3 Å². The molecule has 0 radical (unpaired) electrons. The SMILES string of the molecule is CNC(=O)[C@@]1(Cc2ccccc2-c2cccnc2)CCCN(C(=O)COc2ccccc2)C1. The highest BCUT2D eigenvalue weighted by atomic mass is 16.5. The summed E-state index contributed by atoms with van der Waals surface area (Å²) in [7, 11) is 1.66. The van der Waals surface area contributed by atoms with E-state index in [0.717, 1.165) is 29.5 Å². The number of pyridine rings is 1. The van der Waals surface area contributed by atoms with Crippen LogP contribution < -0.4 is 10.1 Å². The lowest BCUT2D eigenvalue weighted by Crippen LogP contribution is -2.54. The molecule has 2 heterocycles. The summed E-state index contributed by atoms with van der Waals surface area (Å²) in [4.78, 5) is 32.2. The number of likely N-dealkylation sites (tertiary alicyclic amines) is 1. The lowest BCUT2D eigenvalue weighted by molar-refractivity contribution is -0.142. The van der Waals surface area contributed by atoms with E-state index in [2.05, 4.69) is 22.4 Å². The van der Waals surface area contributed by atoms with Crippen molar-refractivity contribution in [3.8, 4) is 16.9 Å². The van der Waals surface area contributed by atoms with E-state index in [1.165, 1.54) is 0 Å². The zero-order valence-corrected chi connectivity index (χ0v) is 18.9. The Balaban J connectivity index is 1.55. The van der Waals surface area contributed by atoms with Crippen LogP contribution in [-0.4, -0.2) is 48.4 Å². The molecule has 1 aliphatic heterocycles. The first kappa shape index (κ1) is 22.5. The third kappa shape index (κ3) is 5.22. The molecule has 6 nitrogen and oxygen atoms in total. The number of aromatic nitrogens is 1. The number of amides is 2. The van der Waals surface area contributed by atoms with Crippen LogP contribution in [0.3, 0.4) is 0 Å². The van der Waals surface area contributed by atoms with Crippen LogP contribution in [0.25, 0.3) is 11.1 Å². The number of rotatable bonds is 7. The van der Waals surface area contributed by atoms with Crippen LogP contribution in [0.4, 0.5) is 0 Å². The van der Waals surface area contributed by atoms with Crippen LogP contribution in [-0.2, 0) is 16.0 Å². The molecular formula is C27H29N3O3. The minimum absolute atomic E-state index is 0.0371. The van der Waals surface area contributed by atoms with Gasteiger partial charge in [0.25, 0.3) is 5.91 Å². The van der Waals surface area contributed by atoms with Gasteiger partial charge in [0, 0.05) is 38.1 Å². The van der Waals surface area contributed by atoms with Gasteiger partial charge in [-0.1, -0.05) is 48.5 Å². The Hall–Kier alpha value is -3.67. The van der Waals surface area contributed by atoms with Crippen molar-refractivity contribution in [3.05, 3.63) is 84.7 Å². The maximum Gasteiger partial charge on any atom is 0.260 e. The van der Waals surface area contributed by atoms with E-state index in [1.807, 2.05) is 60.8 Å². The number of nitrogens with one attached hydrogen (secondary N) is 1. The van der Waals surface area contributed by atoms with Crippen LogP contribution in [0.15, 0.2) is 79.1 Å². The summed E-state index contributed by atoms with van der Waals surface area (Å²) in [5.41, 5.74) is 2.45. The Morgan fingerprint density at radius 1 is 1.06 bits per heavy atom. The van der Waals surface area contributed by atoms with Gasteiger partial charge in [-0.25, -0.2) is 0 Å². The van der Waals surface area contributed by atoms with Crippen LogP contribution in [0.2, 0.25) is 0 Å². The van der Waals surface area contributed by atoms with E-state index in [-0.39, 0.29) is 18.4 Å². The van der Waals surface area contributed by atoms with Crippen LogP contribution in [0.5, 0.6) is 5.75 Å². The average Bonchev–Trinajstić information content (AvgIpc) is 2.88. The number of hydrogen-bond donors (Lipinski definition) is 1. The molecule has 0 spiro atoms. The molecule has 1 atom stereocenters. The molecule has 0 unspecified atom stereocenters. The van der Waals surface area contributed by atoms with E-state index in [4.69, 9.17) is 4.74 Å². The molecule has 3 aromatic rings.